The van der Waals surface area contributed by atoms with E-state index in [2.05, 4.69) is 24.1 Å². The highest BCUT2D eigenvalue weighted by atomic mass is 16.2. The molecule has 1 spiro atoms. The maximum Gasteiger partial charge on any atom is 0.325 e. The molecule has 1 saturated carbocycles. The van der Waals surface area contributed by atoms with Gasteiger partial charge in [-0.15, -0.1) is 0 Å². The molecule has 0 aromatic rings. The zero-order valence-corrected chi connectivity index (χ0v) is 15.4. The normalized spacial score (nSPS) is 30.9. The van der Waals surface area contributed by atoms with Crippen LogP contribution in [0.2, 0.25) is 0 Å². The van der Waals surface area contributed by atoms with Gasteiger partial charge >= 0.3 is 6.03 Å². The third kappa shape index (κ3) is 3.52. The average Bonchev–Trinajstić information content (AvgIpc) is 2.86. The molecule has 0 unspecified atom stereocenters. The zero-order valence-electron chi connectivity index (χ0n) is 15.4. The molecule has 140 valence electrons. The van der Waals surface area contributed by atoms with Crippen molar-refractivity contribution in [1.29, 1.82) is 0 Å². The van der Waals surface area contributed by atoms with Crippen LogP contribution in [0.1, 0.15) is 46.0 Å². The van der Waals surface area contributed by atoms with Gasteiger partial charge in [0.2, 0.25) is 5.91 Å². The number of nitrogens with zero attached hydrogens (tertiary/aromatic N) is 3. The Morgan fingerprint density at radius 2 is 1.76 bits per heavy atom. The predicted octanol–water partition coefficient (Wildman–Crippen LogP) is 1.04. The van der Waals surface area contributed by atoms with E-state index < -0.39 is 11.6 Å². The minimum atomic E-state index is -0.760. The Labute approximate surface area is 149 Å². The van der Waals surface area contributed by atoms with Crippen molar-refractivity contribution >= 4 is 17.8 Å². The van der Waals surface area contributed by atoms with E-state index >= 15 is 0 Å². The summed E-state index contributed by atoms with van der Waals surface area (Å²) in [4.78, 5) is 43.0. The predicted molar refractivity (Wildman–Crippen MR) is 93.9 cm³/mol. The van der Waals surface area contributed by atoms with Crippen LogP contribution in [0.3, 0.4) is 0 Å². The summed E-state index contributed by atoms with van der Waals surface area (Å²) < 4.78 is 0. The minimum Gasteiger partial charge on any atom is -0.339 e. The van der Waals surface area contributed by atoms with Gasteiger partial charge in [0.1, 0.15) is 12.1 Å². The molecule has 7 heteroatoms. The first-order valence-corrected chi connectivity index (χ1v) is 9.63. The van der Waals surface area contributed by atoms with Gasteiger partial charge < -0.3 is 15.1 Å². The molecule has 0 aromatic heterocycles. The number of nitrogens with one attached hydrogen (secondary N) is 1. The molecule has 3 rings (SSSR count). The SMILES string of the molecule is CCC1CCC2(CC1)NC(=O)N(CC(=O)N1CCN(CC)CC1)C2=O. The van der Waals surface area contributed by atoms with Crippen molar-refractivity contribution in [2.45, 2.75) is 51.5 Å². The summed E-state index contributed by atoms with van der Waals surface area (Å²) in [5.74, 6) is 0.312. The second-order valence-corrected chi connectivity index (χ2v) is 7.57. The summed E-state index contributed by atoms with van der Waals surface area (Å²) in [7, 11) is 0. The molecule has 4 amide bonds. The van der Waals surface area contributed by atoms with Crippen molar-refractivity contribution in [2.75, 3.05) is 39.3 Å². The summed E-state index contributed by atoms with van der Waals surface area (Å²) in [6, 6.07) is -0.402. The molecular formula is C18H30N4O3. The average molecular weight is 350 g/mol. The first kappa shape index (κ1) is 18.2. The molecule has 25 heavy (non-hydrogen) atoms. The second kappa shape index (κ2) is 7.32. The Bertz CT molecular complexity index is 534. The van der Waals surface area contributed by atoms with Crippen molar-refractivity contribution in [3.8, 4) is 0 Å². The Morgan fingerprint density at radius 3 is 2.32 bits per heavy atom. The molecule has 3 aliphatic rings. The van der Waals surface area contributed by atoms with Crippen molar-refractivity contribution < 1.29 is 14.4 Å². The van der Waals surface area contributed by atoms with E-state index in [1.54, 1.807) is 4.90 Å². The number of likely N-dealkylation sites (N-methyl/N-ethyl adjacent to an activating group) is 1. The number of urea groups is 1. The van der Waals surface area contributed by atoms with Crippen LogP contribution in [0.15, 0.2) is 0 Å². The van der Waals surface area contributed by atoms with Crippen LogP contribution >= 0.6 is 0 Å². The number of hydrogen-bond donors (Lipinski definition) is 1. The molecule has 1 aliphatic carbocycles. The lowest BCUT2D eigenvalue weighted by atomic mass is 9.75. The van der Waals surface area contributed by atoms with Crippen LogP contribution in [0.25, 0.3) is 0 Å². The highest BCUT2D eigenvalue weighted by Gasteiger charge is 2.52. The molecule has 2 saturated heterocycles. The number of carbonyl (C=O) groups excluding carboxylic acids is 3. The first-order valence-electron chi connectivity index (χ1n) is 9.63. The lowest BCUT2D eigenvalue weighted by molar-refractivity contribution is -0.140. The number of piperazine rings is 1. The van der Waals surface area contributed by atoms with Crippen molar-refractivity contribution in [3.05, 3.63) is 0 Å². The Hall–Kier alpha value is -1.63. The molecule has 3 fully saturated rings. The quantitative estimate of drug-likeness (QED) is 0.769. The molecular weight excluding hydrogens is 320 g/mol. The Kier molecular flexibility index (Phi) is 5.32. The van der Waals surface area contributed by atoms with Gasteiger partial charge in [-0.3, -0.25) is 14.5 Å². The summed E-state index contributed by atoms with van der Waals surface area (Å²) in [5.41, 5.74) is -0.760. The smallest absolute Gasteiger partial charge is 0.325 e. The highest BCUT2D eigenvalue weighted by Crippen LogP contribution is 2.37. The van der Waals surface area contributed by atoms with Crippen LogP contribution in [0, 0.1) is 5.92 Å². The summed E-state index contributed by atoms with van der Waals surface area (Å²) in [5, 5.41) is 2.90. The van der Waals surface area contributed by atoms with Crippen molar-refractivity contribution in [3.63, 3.8) is 0 Å². The third-order valence-corrected chi connectivity index (χ3v) is 6.25. The molecule has 1 N–H and O–H groups in total. The van der Waals surface area contributed by atoms with Crippen LogP contribution in [0.4, 0.5) is 4.79 Å². The monoisotopic (exact) mass is 350 g/mol. The van der Waals surface area contributed by atoms with E-state index in [0.29, 0.717) is 31.8 Å². The number of rotatable bonds is 4. The van der Waals surface area contributed by atoms with E-state index in [0.717, 1.165) is 43.8 Å². The first-order chi connectivity index (χ1) is 12.0. The minimum absolute atomic E-state index is 0.126. The van der Waals surface area contributed by atoms with Crippen LogP contribution in [-0.2, 0) is 9.59 Å². The summed E-state index contributed by atoms with van der Waals surface area (Å²) in [6.45, 7) is 8.17. The van der Waals surface area contributed by atoms with Gasteiger partial charge in [0, 0.05) is 26.2 Å². The van der Waals surface area contributed by atoms with Crippen LogP contribution in [-0.4, -0.2) is 77.4 Å². The maximum atomic E-state index is 12.9. The molecule has 0 atom stereocenters. The summed E-state index contributed by atoms with van der Waals surface area (Å²) >= 11 is 0. The van der Waals surface area contributed by atoms with Gasteiger partial charge in [-0.05, 0) is 38.1 Å². The van der Waals surface area contributed by atoms with Crippen LogP contribution in [0.5, 0.6) is 0 Å². The van der Waals surface area contributed by atoms with Gasteiger partial charge in [-0.25, -0.2) is 4.79 Å². The van der Waals surface area contributed by atoms with Gasteiger partial charge in [0.15, 0.2) is 0 Å². The number of hydrogen-bond acceptors (Lipinski definition) is 4. The topological polar surface area (TPSA) is 73.0 Å². The molecule has 7 nitrogen and oxygen atoms in total. The largest absolute Gasteiger partial charge is 0.339 e. The second-order valence-electron chi connectivity index (χ2n) is 7.57. The van der Waals surface area contributed by atoms with E-state index in [1.807, 2.05) is 0 Å². The van der Waals surface area contributed by atoms with E-state index in [-0.39, 0.29) is 18.4 Å². The highest BCUT2D eigenvalue weighted by molar-refractivity contribution is 6.09. The van der Waals surface area contributed by atoms with Gasteiger partial charge in [-0.1, -0.05) is 20.3 Å². The third-order valence-electron chi connectivity index (χ3n) is 6.25. The van der Waals surface area contributed by atoms with Gasteiger partial charge in [-0.2, -0.15) is 0 Å². The Balaban J connectivity index is 1.59. The van der Waals surface area contributed by atoms with Gasteiger partial charge in [0.25, 0.3) is 5.91 Å². The van der Waals surface area contributed by atoms with Gasteiger partial charge in [0.05, 0.1) is 0 Å². The maximum absolute atomic E-state index is 12.9. The lowest BCUT2D eigenvalue weighted by Gasteiger charge is -2.35. The molecule has 0 radical (unpaired) electrons. The number of amides is 4. The standard InChI is InChI=1S/C18H30N4O3/c1-3-14-5-7-18(8-6-14)16(24)22(17(25)19-18)13-15(23)21-11-9-20(4-2)10-12-21/h14H,3-13H2,1-2H3,(H,19,25). The molecule has 0 aromatic carbocycles. The lowest BCUT2D eigenvalue weighted by Crippen LogP contribution is -2.52. The number of carbonyl (C=O) groups is 3. The fourth-order valence-electron chi connectivity index (χ4n) is 4.29. The summed E-state index contributed by atoms with van der Waals surface area (Å²) in [6.07, 6.45) is 4.42. The molecule has 0 bridgehead atoms. The fourth-order valence-corrected chi connectivity index (χ4v) is 4.29. The zero-order chi connectivity index (χ0) is 18.0. The van der Waals surface area contributed by atoms with E-state index in [1.165, 1.54) is 0 Å². The van der Waals surface area contributed by atoms with E-state index in [9.17, 15) is 14.4 Å². The number of imide groups is 1. The molecule has 2 aliphatic heterocycles. The van der Waals surface area contributed by atoms with Crippen LogP contribution < -0.4 is 5.32 Å². The van der Waals surface area contributed by atoms with Crippen molar-refractivity contribution in [1.82, 2.24) is 20.0 Å². The Morgan fingerprint density at radius 1 is 1.12 bits per heavy atom. The van der Waals surface area contributed by atoms with E-state index in [4.69, 9.17) is 0 Å². The van der Waals surface area contributed by atoms with Crippen molar-refractivity contribution in [2.24, 2.45) is 5.92 Å². The fraction of sp³-hybridized carbons (Fsp3) is 0.833. The molecule has 2 heterocycles.